The minimum absolute atomic E-state index is 0.110. The van der Waals surface area contributed by atoms with Gasteiger partial charge in [0, 0.05) is 47.6 Å². The largest absolute Gasteiger partial charge is 0.466 e. The molecule has 2 aromatic carbocycles. The first-order chi connectivity index (χ1) is 25.5. The number of nitro benzene ring substituents is 2. The Morgan fingerprint density at radius 1 is 0.907 bits per heavy atom. The Morgan fingerprint density at radius 2 is 1.54 bits per heavy atom. The molecule has 0 atom stereocenters. The summed E-state index contributed by atoms with van der Waals surface area (Å²) in [6, 6.07) is 9.39. The van der Waals surface area contributed by atoms with Crippen LogP contribution in [0.25, 0.3) is 0 Å². The highest BCUT2D eigenvalue weighted by Gasteiger charge is 2.29. The van der Waals surface area contributed by atoms with E-state index in [4.69, 9.17) is 9.47 Å². The van der Waals surface area contributed by atoms with Crippen molar-refractivity contribution in [3.8, 4) is 0 Å². The molecule has 0 unspecified atom stereocenters. The Morgan fingerprint density at radius 3 is 2.15 bits per heavy atom. The molecular formula is C42H53N4O8+. The average molecular weight is 742 g/mol. The molecule has 1 heterocycles. The first-order valence-corrected chi connectivity index (χ1v) is 18.0. The van der Waals surface area contributed by atoms with Crippen LogP contribution in [0.15, 0.2) is 108 Å². The van der Waals surface area contributed by atoms with Crippen molar-refractivity contribution in [1.29, 1.82) is 0 Å². The van der Waals surface area contributed by atoms with E-state index in [9.17, 15) is 29.8 Å². The number of ether oxygens (including phenoxy) is 2. The molecule has 0 aliphatic carbocycles. The predicted octanol–water partition coefficient (Wildman–Crippen LogP) is 7.98. The second-order valence-electron chi connectivity index (χ2n) is 14.3. The summed E-state index contributed by atoms with van der Waals surface area (Å²) in [7, 11) is 2.00. The van der Waals surface area contributed by atoms with Crippen molar-refractivity contribution < 1.29 is 34.2 Å². The quantitative estimate of drug-likeness (QED) is 0.0592. The average Bonchev–Trinajstić information content (AvgIpc) is 3.13. The second-order valence-corrected chi connectivity index (χ2v) is 14.3. The lowest BCUT2D eigenvalue weighted by atomic mass is 9.79. The standard InChI is InChI=1S/C42H52N4O8/c1-9-53-39(47)26-31-16-15-21-44(8)38(42(6,7)30(3)22-31)17-13-11-12-14-20-41(4,5)36-25-32(27-40(48)54-10-2)18-19-37(36)43-29-33-23-34(45(49)50)28-35(24-33)46(51)52/h11-19,21-25,28,43H,9-10,20,26-27,29H2,1-8H3/p+1/b13-11+,14-12+,21-15+,30-22+,31-16+,38-17+. The molecular weight excluding hydrogens is 688 g/mol. The van der Waals surface area contributed by atoms with Crippen LogP contribution in [0.1, 0.15) is 78.0 Å². The third-order valence-corrected chi connectivity index (χ3v) is 9.36. The molecule has 1 aliphatic heterocycles. The van der Waals surface area contributed by atoms with Crippen LogP contribution in [0.3, 0.4) is 0 Å². The molecule has 54 heavy (non-hydrogen) atoms. The van der Waals surface area contributed by atoms with Crippen LogP contribution in [-0.2, 0) is 37.4 Å². The Bertz CT molecular complexity index is 1870. The predicted molar refractivity (Wildman–Crippen MR) is 210 cm³/mol. The van der Waals surface area contributed by atoms with Gasteiger partial charge in [-0.15, -0.1) is 0 Å². The highest BCUT2D eigenvalue weighted by molar-refractivity contribution is 5.74. The van der Waals surface area contributed by atoms with E-state index in [0.29, 0.717) is 18.6 Å². The first-order valence-electron chi connectivity index (χ1n) is 18.0. The lowest BCUT2D eigenvalue weighted by molar-refractivity contribution is -0.589. The van der Waals surface area contributed by atoms with Gasteiger partial charge >= 0.3 is 11.9 Å². The van der Waals surface area contributed by atoms with Crippen molar-refractivity contribution in [3.63, 3.8) is 0 Å². The van der Waals surface area contributed by atoms with Gasteiger partial charge in [0.1, 0.15) is 12.2 Å². The molecule has 0 amide bonds. The van der Waals surface area contributed by atoms with E-state index in [1.54, 1.807) is 13.8 Å². The SMILES string of the molecule is CCOC(=O)CC1=C/C=C/N(C)/C(=C/C=C/C=C/CC(C)(C)c2cc(CC(=O)OCC)ccc2[NH2+]Cc2cc([N+](=O)[O-])cc([N+](=O)[O-])c2)C(C)(C)\C(C)=C\1. The monoisotopic (exact) mass is 741 g/mol. The topological polar surface area (TPSA) is 159 Å². The van der Waals surface area contributed by atoms with Crippen LogP contribution >= 0.6 is 0 Å². The summed E-state index contributed by atoms with van der Waals surface area (Å²) in [6.45, 7) is 15.0. The zero-order valence-electron chi connectivity index (χ0n) is 32.6. The van der Waals surface area contributed by atoms with E-state index in [1.165, 1.54) is 12.1 Å². The molecule has 2 N–H and O–H groups in total. The van der Waals surface area contributed by atoms with E-state index < -0.39 is 15.3 Å². The number of hydrogen-bond donors (Lipinski definition) is 1. The summed E-state index contributed by atoms with van der Waals surface area (Å²) >= 11 is 0. The van der Waals surface area contributed by atoms with E-state index in [0.717, 1.165) is 39.7 Å². The van der Waals surface area contributed by atoms with E-state index in [-0.39, 0.29) is 54.7 Å². The molecule has 0 saturated carbocycles. The van der Waals surface area contributed by atoms with Crippen molar-refractivity contribution >= 4 is 29.0 Å². The molecule has 0 radical (unpaired) electrons. The maximum atomic E-state index is 12.3. The molecule has 0 saturated heterocycles. The number of nitrogens with two attached hydrogens (primary N) is 1. The number of carbonyl (C=O) groups is 2. The highest BCUT2D eigenvalue weighted by Crippen LogP contribution is 2.38. The molecule has 0 spiro atoms. The van der Waals surface area contributed by atoms with Crippen molar-refractivity contribution in [1.82, 2.24) is 4.90 Å². The number of esters is 2. The van der Waals surface area contributed by atoms with Crippen molar-refractivity contribution in [2.75, 3.05) is 20.3 Å². The first kappa shape index (κ1) is 42.8. The van der Waals surface area contributed by atoms with Crippen LogP contribution < -0.4 is 5.32 Å². The van der Waals surface area contributed by atoms with Crippen LogP contribution in [0, 0.1) is 25.6 Å². The zero-order chi connectivity index (χ0) is 40.1. The molecule has 1 aliphatic rings. The maximum Gasteiger partial charge on any atom is 0.310 e. The lowest BCUT2D eigenvalue weighted by Crippen LogP contribution is -2.76. The molecule has 12 heteroatoms. The van der Waals surface area contributed by atoms with Gasteiger partial charge in [0.2, 0.25) is 0 Å². The Balaban J connectivity index is 1.86. The lowest BCUT2D eigenvalue weighted by Gasteiger charge is -2.34. The van der Waals surface area contributed by atoms with Crippen LogP contribution in [0.5, 0.6) is 0 Å². The van der Waals surface area contributed by atoms with Crippen LogP contribution in [-0.4, -0.2) is 46.9 Å². The molecule has 3 rings (SSSR count). The van der Waals surface area contributed by atoms with Gasteiger partial charge in [-0.2, -0.15) is 0 Å². The highest BCUT2D eigenvalue weighted by atomic mass is 16.6. The number of rotatable bonds is 16. The summed E-state index contributed by atoms with van der Waals surface area (Å²) in [4.78, 5) is 48.2. The molecule has 288 valence electrons. The molecule has 0 aromatic heterocycles. The van der Waals surface area contributed by atoms with Crippen molar-refractivity contribution in [2.45, 2.75) is 79.7 Å². The van der Waals surface area contributed by atoms with E-state index in [1.807, 2.05) is 67.1 Å². The minimum Gasteiger partial charge on any atom is -0.466 e. The van der Waals surface area contributed by atoms with Gasteiger partial charge in [-0.1, -0.05) is 75.8 Å². The molecule has 12 nitrogen and oxygen atoms in total. The van der Waals surface area contributed by atoms with Gasteiger partial charge in [-0.25, -0.2) is 0 Å². The Kier molecular flexibility index (Phi) is 15.4. The maximum absolute atomic E-state index is 12.3. The van der Waals surface area contributed by atoms with Gasteiger partial charge in [-0.05, 0) is 68.0 Å². The summed E-state index contributed by atoms with van der Waals surface area (Å²) in [6.07, 6.45) is 19.0. The van der Waals surface area contributed by atoms with Crippen LogP contribution in [0.2, 0.25) is 0 Å². The number of allylic oxidation sites excluding steroid dienone is 9. The van der Waals surface area contributed by atoms with Crippen LogP contribution in [0.4, 0.5) is 17.1 Å². The second kappa shape index (κ2) is 19.5. The van der Waals surface area contributed by atoms with Gasteiger partial charge in [0.05, 0.1) is 42.0 Å². The van der Waals surface area contributed by atoms with Crippen molar-refractivity contribution in [3.05, 3.63) is 145 Å². The van der Waals surface area contributed by atoms with E-state index in [2.05, 4.69) is 57.7 Å². The van der Waals surface area contributed by atoms with Gasteiger partial charge in [0.25, 0.3) is 11.4 Å². The summed E-state index contributed by atoms with van der Waals surface area (Å²) < 4.78 is 10.3. The number of non-ortho nitro benzene ring substituents is 2. The molecule has 0 fully saturated rings. The molecule has 0 bridgehead atoms. The summed E-state index contributed by atoms with van der Waals surface area (Å²) in [5.74, 6) is -0.586. The van der Waals surface area contributed by atoms with Crippen molar-refractivity contribution in [2.24, 2.45) is 5.41 Å². The Labute approximate surface area is 317 Å². The minimum atomic E-state index is -0.636. The number of carbonyl (C=O) groups excluding carboxylic acids is 2. The number of nitrogens with zero attached hydrogens (tertiary/aromatic N) is 3. The fourth-order valence-electron chi connectivity index (χ4n) is 6.17. The number of hydrogen-bond acceptors (Lipinski definition) is 9. The Hall–Kier alpha value is -5.62. The van der Waals surface area contributed by atoms with Gasteiger partial charge in [-0.3, -0.25) is 29.8 Å². The number of quaternary nitrogens is 1. The summed E-state index contributed by atoms with van der Waals surface area (Å²) in [5.41, 5.74) is 4.67. The van der Waals surface area contributed by atoms with Gasteiger partial charge < -0.3 is 19.7 Å². The smallest absolute Gasteiger partial charge is 0.310 e. The summed E-state index contributed by atoms with van der Waals surface area (Å²) in [5, 5.41) is 24.8. The fourth-order valence-corrected chi connectivity index (χ4v) is 6.17. The normalized spacial score (nSPS) is 17.9. The molecule has 2 aromatic rings. The van der Waals surface area contributed by atoms with Gasteiger partial charge in [0.15, 0.2) is 0 Å². The third kappa shape index (κ3) is 12.2. The zero-order valence-corrected chi connectivity index (χ0v) is 32.6. The van der Waals surface area contributed by atoms with E-state index >= 15 is 0 Å². The fraction of sp³-hybridized carbons (Fsp3) is 0.381. The third-order valence-electron chi connectivity index (χ3n) is 9.36. The number of benzene rings is 2. The number of nitro groups is 2.